The zero-order valence-corrected chi connectivity index (χ0v) is 26.7. The zero-order valence-electron chi connectivity index (χ0n) is 25.1. The molecule has 1 fully saturated rings. The van der Waals surface area contributed by atoms with Crippen LogP contribution in [0.15, 0.2) is 76.6 Å². The predicted octanol–water partition coefficient (Wildman–Crippen LogP) is 4.76. The van der Waals surface area contributed by atoms with E-state index in [9.17, 15) is 33.5 Å². The highest BCUT2D eigenvalue weighted by atomic mass is 32.2. The summed E-state index contributed by atoms with van der Waals surface area (Å²) in [6, 6.07) is 15.8. The summed E-state index contributed by atoms with van der Waals surface area (Å²) in [5, 5.41) is 12.5. The van der Waals surface area contributed by atoms with Crippen molar-refractivity contribution in [3.63, 3.8) is 0 Å². The fourth-order valence-electron chi connectivity index (χ4n) is 5.70. The SMILES string of the molecule is CCOC(=O)c1ccc(N2C(=O)C3Sc4c(sc(=O)n4CC(=O)Nc4ccc(F)cc4)C(c4ccc(O)c(OCC)c4)C3C2=O)cc1. The molecule has 0 bridgehead atoms. The van der Waals surface area contributed by atoms with Crippen LogP contribution < -0.4 is 19.8 Å². The summed E-state index contributed by atoms with van der Waals surface area (Å²) in [7, 11) is 0. The third-order valence-electron chi connectivity index (χ3n) is 7.76. The highest BCUT2D eigenvalue weighted by Gasteiger charge is 2.57. The summed E-state index contributed by atoms with van der Waals surface area (Å²) in [4.78, 5) is 67.9. The molecule has 3 amide bonds. The number of thioether (sulfide) groups is 1. The number of anilines is 2. The maximum absolute atomic E-state index is 14.2. The molecule has 0 radical (unpaired) electrons. The Morgan fingerprint density at radius 1 is 0.957 bits per heavy atom. The van der Waals surface area contributed by atoms with Crippen LogP contribution in [-0.4, -0.2) is 51.8 Å². The molecule has 0 aliphatic carbocycles. The first kappa shape index (κ1) is 32.0. The smallest absolute Gasteiger partial charge is 0.338 e. The molecule has 14 heteroatoms. The Labute approximate surface area is 275 Å². The molecule has 2 aliphatic heterocycles. The molecule has 4 aromatic rings. The number of imide groups is 1. The van der Waals surface area contributed by atoms with E-state index in [-0.39, 0.29) is 42.5 Å². The van der Waals surface area contributed by atoms with E-state index in [1.807, 2.05) is 0 Å². The van der Waals surface area contributed by atoms with Crippen LogP contribution >= 0.6 is 23.1 Å². The molecule has 0 spiro atoms. The van der Waals surface area contributed by atoms with Gasteiger partial charge in [0, 0.05) is 16.5 Å². The number of phenolic OH excluding ortho intramolecular Hbond substituents is 1. The van der Waals surface area contributed by atoms with E-state index in [2.05, 4.69) is 5.32 Å². The predicted molar refractivity (Wildman–Crippen MR) is 173 cm³/mol. The minimum absolute atomic E-state index is 0.113. The summed E-state index contributed by atoms with van der Waals surface area (Å²) >= 11 is 1.92. The first-order valence-electron chi connectivity index (χ1n) is 14.7. The topological polar surface area (TPSA) is 144 Å². The van der Waals surface area contributed by atoms with E-state index in [0.29, 0.717) is 21.2 Å². The van der Waals surface area contributed by atoms with E-state index in [0.717, 1.165) is 28.0 Å². The summed E-state index contributed by atoms with van der Waals surface area (Å²) in [5.74, 6) is -4.24. The maximum atomic E-state index is 14.2. The number of aromatic nitrogens is 1. The lowest BCUT2D eigenvalue weighted by molar-refractivity contribution is -0.122. The number of benzene rings is 3. The number of esters is 1. The normalized spacial score (nSPS) is 18.4. The average Bonchev–Trinajstić information content (AvgIpc) is 3.49. The van der Waals surface area contributed by atoms with Crippen LogP contribution in [0.2, 0.25) is 0 Å². The third-order valence-corrected chi connectivity index (χ3v) is 10.4. The lowest BCUT2D eigenvalue weighted by atomic mass is 9.83. The number of hydrogen-bond acceptors (Lipinski definition) is 10. The number of ether oxygens (including phenoxy) is 2. The van der Waals surface area contributed by atoms with Gasteiger partial charge in [-0.1, -0.05) is 29.2 Å². The fraction of sp³-hybridized carbons (Fsp3) is 0.242. The maximum Gasteiger partial charge on any atom is 0.338 e. The molecule has 6 rings (SSSR count). The van der Waals surface area contributed by atoms with Crippen molar-refractivity contribution in [2.75, 3.05) is 23.4 Å². The van der Waals surface area contributed by atoms with Crippen LogP contribution in [-0.2, 0) is 25.7 Å². The van der Waals surface area contributed by atoms with Gasteiger partial charge in [0.25, 0.3) is 0 Å². The summed E-state index contributed by atoms with van der Waals surface area (Å²) in [6.45, 7) is 3.50. The number of nitrogens with zero attached hydrogens (tertiary/aromatic N) is 2. The van der Waals surface area contributed by atoms with Gasteiger partial charge in [0.2, 0.25) is 17.7 Å². The van der Waals surface area contributed by atoms with Gasteiger partial charge in [0.05, 0.1) is 35.4 Å². The lowest BCUT2D eigenvalue weighted by Crippen LogP contribution is -2.33. The lowest BCUT2D eigenvalue weighted by Gasteiger charge is -2.31. The van der Waals surface area contributed by atoms with Gasteiger partial charge in [0.15, 0.2) is 11.5 Å². The molecule has 2 N–H and O–H groups in total. The largest absolute Gasteiger partial charge is 0.504 e. The molecular weight excluding hydrogens is 650 g/mol. The van der Waals surface area contributed by atoms with Crippen LogP contribution in [0, 0.1) is 11.7 Å². The Kier molecular flexibility index (Phi) is 8.88. The van der Waals surface area contributed by atoms with Crippen molar-refractivity contribution in [3.8, 4) is 11.5 Å². The molecule has 11 nitrogen and oxygen atoms in total. The van der Waals surface area contributed by atoms with Crippen molar-refractivity contribution >= 4 is 58.2 Å². The molecule has 0 saturated carbocycles. The number of aromatic hydroxyl groups is 1. The molecule has 1 aromatic heterocycles. The van der Waals surface area contributed by atoms with Gasteiger partial charge >= 0.3 is 10.8 Å². The van der Waals surface area contributed by atoms with Crippen molar-refractivity contribution in [1.82, 2.24) is 4.57 Å². The van der Waals surface area contributed by atoms with Gasteiger partial charge in [-0.05, 0) is 80.1 Å². The number of fused-ring (bicyclic) bond motifs is 2. The molecule has 1 saturated heterocycles. The van der Waals surface area contributed by atoms with Gasteiger partial charge in [-0.25, -0.2) is 14.1 Å². The Bertz CT molecular complexity index is 1940. The first-order valence-corrected chi connectivity index (χ1v) is 16.4. The number of carbonyl (C=O) groups excluding carboxylic acids is 4. The van der Waals surface area contributed by atoms with Gasteiger partial charge in [-0.3, -0.25) is 23.7 Å². The monoisotopic (exact) mass is 677 g/mol. The minimum atomic E-state index is -0.963. The van der Waals surface area contributed by atoms with Gasteiger partial charge in [-0.15, -0.1) is 0 Å². The Hall–Kier alpha value is -4.95. The second-order valence-electron chi connectivity index (χ2n) is 10.7. The molecule has 2 aliphatic rings. The highest BCUT2D eigenvalue weighted by molar-refractivity contribution is 8.00. The number of carbonyl (C=O) groups is 4. The van der Waals surface area contributed by atoms with Crippen molar-refractivity contribution < 1.29 is 38.1 Å². The molecule has 3 aromatic carbocycles. The van der Waals surface area contributed by atoms with E-state index in [1.165, 1.54) is 59.2 Å². The number of thiazole rings is 1. The highest BCUT2D eigenvalue weighted by Crippen LogP contribution is 2.54. The summed E-state index contributed by atoms with van der Waals surface area (Å²) in [6.07, 6.45) is 0. The number of hydrogen-bond donors (Lipinski definition) is 2. The standard InChI is InChI=1S/C33H28FN3O8S2/c1-3-44-23-15-18(7-14-22(23)38)25-26-27(30(41)37(29(26)40)21-12-5-17(6-13-21)32(42)45-4-2)46-31-28(25)47-33(43)36(31)16-24(39)35-20-10-8-19(34)9-11-20/h5-15,25-27,38H,3-4,16H2,1-2H3,(H,35,39). The molecule has 3 unspecified atom stereocenters. The van der Waals surface area contributed by atoms with Crippen LogP contribution in [0.5, 0.6) is 11.5 Å². The third kappa shape index (κ3) is 6.01. The summed E-state index contributed by atoms with van der Waals surface area (Å²) in [5.41, 5.74) is 1.40. The quantitative estimate of drug-likeness (QED) is 0.189. The van der Waals surface area contributed by atoms with Crippen molar-refractivity contribution in [1.29, 1.82) is 0 Å². The Balaban J connectivity index is 1.40. The van der Waals surface area contributed by atoms with Crippen LogP contribution in [0.1, 0.15) is 40.6 Å². The second-order valence-corrected chi connectivity index (χ2v) is 12.8. The molecule has 242 valence electrons. The van der Waals surface area contributed by atoms with Crippen LogP contribution in [0.3, 0.4) is 0 Å². The summed E-state index contributed by atoms with van der Waals surface area (Å²) < 4.78 is 25.3. The Morgan fingerprint density at radius 3 is 2.36 bits per heavy atom. The van der Waals surface area contributed by atoms with Crippen LogP contribution in [0.25, 0.3) is 0 Å². The van der Waals surface area contributed by atoms with E-state index < -0.39 is 51.5 Å². The molecule has 3 heterocycles. The fourth-order valence-corrected chi connectivity index (χ4v) is 8.48. The van der Waals surface area contributed by atoms with E-state index >= 15 is 0 Å². The van der Waals surface area contributed by atoms with Crippen molar-refractivity contribution in [2.45, 2.75) is 36.6 Å². The molecule has 47 heavy (non-hydrogen) atoms. The number of phenols is 1. The van der Waals surface area contributed by atoms with Gasteiger partial charge < -0.3 is 19.9 Å². The van der Waals surface area contributed by atoms with Gasteiger partial charge in [0.1, 0.15) is 17.6 Å². The zero-order chi connectivity index (χ0) is 33.4. The molecular formula is C33H28FN3O8S2. The number of amides is 3. The minimum Gasteiger partial charge on any atom is -0.504 e. The van der Waals surface area contributed by atoms with Crippen molar-refractivity contribution in [2.24, 2.45) is 5.92 Å². The Morgan fingerprint density at radius 2 is 1.68 bits per heavy atom. The van der Waals surface area contributed by atoms with E-state index in [4.69, 9.17) is 9.47 Å². The number of halogens is 1. The van der Waals surface area contributed by atoms with Crippen molar-refractivity contribution in [3.05, 3.63) is 98.2 Å². The van der Waals surface area contributed by atoms with E-state index in [1.54, 1.807) is 26.0 Å². The number of rotatable bonds is 9. The number of nitrogens with one attached hydrogen (secondary N) is 1. The molecule has 3 atom stereocenters. The average molecular weight is 678 g/mol. The second kappa shape index (κ2) is 13.0. The van der Waals surface area contributed by atoms with Gasteiger partial charge in [-0.2, -0.15) is 0 Å². The van der Waals surface area contributed by atoms with Crippen LogP contribution in [0.4, 0.5) is 15.8 Å². The first-order chi connectivity index (χ1) is 22.6.